The molecule has 2 amide bonds. The second-order valence-corrected chi connectivity index (χ2v) is 8.32. The molecule has 0 radical (unpaired) electrons. The van der Waals surface area contributed by atoms with Gasteiger partial charge in [-0.25, -0.2) is 4.98 Å². The third-order valence-corrected chi connectivity index (χ3v) is 5.85. The minimum Gasteiger partial charge on any atom is -0.493 e. The van der Waals surface area contributed by atoms with E-state index in [0.717, 1.165) is 34.9 Å². The Kier molecular flexibility index (Phi) is 7.00. The highest BCUT2D eigenvalue weighted by atomic mass is 16.5. The number of benzene rings is 2. The normalized spacial score (nSPS) is 16.0. The van der Waals surface area contributed by atoms with Gasteiger partial charge in [-0.3, -0.25) is 9.59 Å². The van der Waals surface area contributed by atoms with Gasteiger partial charge in [0.2, 0.25) is 11.8 Å². The fraction of sp³-hybridized carbons (Fsp3) is 0.346. The number of ether oxygens (including phenoxy) is 1. The third-order valence-electron chi connectivity index (χ3n) is 5.85. The molecule has 1 N–H and O–H groups in total. The maximum Gasteiger partial charge on any atom is 0.230 e. The van der Waals surface area contributed by atoms with Crippen LogP contribution in [0.2, 0.25) is 0 Å². The number of anilines is 1. The van der Waals surface area contributed by atoms with Gasteiger partial charge >= 0.3 is 0 Å². The SMILES string of the molecule is Cc1ccc(NC(=O)C2CCCN(C(=O)CCCOc3cccc4ccccc34)C2)nc1. The van der Waals surface area contributed by atoms with Crippen molar-refractivity contribution in [3.8, 4) is 5.75 Å². The Bertz CT molecular complexity index is 1080. The number of aromatic nitrogens is 1. The van der Waals surface area contributed by atoms with Gasteiger partial charge in [-0.2, -0.15) is 0 Å². The van der Waals surface area contributed by atoms with Crippen LogP contribution >= 0.6 is 0 Å². The Morgan fingerprint density at radius 3 is 2.81 bits per heavy atom. The summed E-state index contributed by atoms with van der Waals surface area (Å²) in [4.78, 5) is 31.4. The third kappa shape index (κ3) is 5.44. The molecule has 1 saturated heterocycles. The molecule has 1 aliphatic rings. The quantitative estimate of drug-likeness (QED) is 0.556. The summed E-state index contributed by atoms with van der Waals surface area (Å²) < 4.78 is 5.95. The maximum atomic E-state index is 12.7. The summed E-state index contributed by atoms with van der Waals surface area (Å²) >= 11 is 0. The molecule has 1 unspecified atom stereocenters. The molecular weight excluding hydrogens is 402 g/mol. The zero-order valence-corrected chi connectivity index (χ0v) is 18.4. The van der Waals surface area contributed by atoms with Crippen molar-refractivity contribution in [3.63, 3.8) is 0 Å². The van der Waals surface area contributed by atoms with E-state index in [1.807, 2.05) is 48.2 Å². The highest BCUT2D eigenvalue weighted by molar-refractivity contribution is 5.92. The van der Waals surface area contributed by atoms with E-state index in [-0.39, 0.29) is 17.7 Å². The summed E-state index contributed by atoms with van der Waals surface area (Å²) in [6, 6.07) is 17.8. The number of carbonyl (C=O) groups excluding carboxylic acids is 2. The number of likely N-dealkylation sites (tertiary alicyclic amines) is 1. The number of pyridine rings is 1. The first-order valence-electron chi connectivity index (χ1n) is 11.2. The first-order valence-corrected chi connectivity index (χ1v) is 11.2. The van der Waals surface area contributed by atoms with Crippen LogP contribution in [-0.4, -0.2) is 41.4 Å². The van der Waals surface area contributed by atoms with E-state index in [2.05, 4.69) is 22.4 Å². The van der Waals surface area contributed by atoms with Crippen molar-refractivity contribution >= 4 is 28.4 Å². The van der Waals surface area contributed by atoms with Crippen molar-refractivity contribution in [2.24, 2.45) is 5.92 Å². The number of aryl methyl sites for hydroxylation is 1. The molecule has 6 heteroatoms. The fourth-order valence-electron chi connectivity index (χ4n) is 4.07. The Morgan fingerprint density at radius 2 is 1.97 bits per heavy atom. The van der Waals surface area contributed by atoms with E-state index in [1.54, 1.807) is 12.3 Å². The molecule has 32 heavy (non-hydrogen) atoms. The zero-order valence-electron chi connectivity index (χ0n) is 18.4. The van der Waals surface area contributed by atoms with Crippen LogP contribution in [0.5, 0.6) is 5.75 Å². The van der Waals surface area contributed by atoms with Crippen molar-refractivity contribution in [2.75, 3.05) is 25.0 Å². The molecule has 1 fully saturated rings. The van der Waals surface area contributed by atoms with E-state index in [1.165, 1.54) is 0 Å². The summed E-state index contributed by atoms with van der Waals surface area (Å²) in [5.74, 6) is 1.20. The molecule has 2 heterocycles. The van der Waals surface area contributed by atoms with Gasteiger partial charge in [0.1, 0.15) is 11.6 Å². The minimum atomic E-state index is -0.206. The number of hydrogen-bond donors (Lipinski definition) is 1. The Hall–Kier alpha value is -3.41. The summed E-state index contributed by atoms with van der Waals surface area (Å²) in [5.41, 5.74) is 1.04. The number of nitrogens with zero attached hydrogens (tertiary/aromatic N) is 2. The number of hydrogen-bond acceptors (Lipinski definition) is 4. The lowest BCUT2D eigenvalue weighted by Gasteiger charge is -2.32. The number of nitrogens with one attached hydrogen (secondary N) is 1. The second-order valence-electron chi connectivity index (χ2n) is 8.32. The van der Waals surface area contributed by atoms with Gasteiger partial charge in [0.05, 0.1) is 12.5 Å². The highest BCUT2D eigenvalue weighted by Gasteiger charge is 2.28. The van der Waals surface area contributed by atoms with Crippen LogP contribution in [0.4, 0.5) is 5.82 Å². The van der Waals surface area contributed by atoms with Gasteiger partial charge in [-0.1, -0.05) is 42.5 Å². The van der Waals surface area contributed by atoms with Crippen LogP contribution in [0.3, 0.4) is 0 Å². The molecule has 4 rings (SSSR count). The van der Waals surface area contributed by atoms with Crippen LogP contribution in [-0.2, 0) is 9.59 Å². The van der Waals surface area contributed by atoms with Crippen molar-refractivity contribution in [1.82, 2.24) is 9.88 Å². The Morgan fingerprint density at radius 1 is 1.12 bits per heavy atom. The van der Waals surface area contributed by atoms with E-state index in [9.17, 15) is 9.59 Å². The molecule has 0 saturated carbocycles. The average Bonchev–Trinajstić information content (AvgIpc) is 2.83. The zero-order chi connectivity index (χ0) is 22.3. The highest BCUT2D eigenvalue weighted by Crippen LogP contribution is 2.25. The molecule has 1 aliphatic heterocycles. The largest absolute Gasteiger partial charge is 0.493 e. The lowest BCUT2D eigenvalue weighted by Crippen LogP contribution is -2.43. The Balaban J connectivity index is 1.24. The molecule has 0 spiro atoms. The lowest BCUT2D eigenvalue weighted by molar-refractivity contribution is -0.134. The summed E-state index contributed by atoms with van der Waals surface area (Å²) in [7, 11) is 0. The predicted molar refractivity (Wildman–Crippen MR) is 126 cm³/mol. The molecule has 3 aromatic rings. The van der Waals surface area contributed by atoms with E-state index >= 15 is 0 Å². The van der Waals surface area contributed by atoms with Crippen molar-refractivity contribution < 1.29 is 14.3 Å². The first kappa shape index (κ1) is 21.8. The van der Waals surface area contributed by atoms with Gasteiger partial charge in [-0.05, 0) is 49.3 Å². The Labute approximate surface area is 188 Å². The monoisotopic (exact) mass is 431 g/mol. The predicted octanol–water partition coefficient (Wildman–Crippen LogP) is 4.58. The minimum absolute atomic E-state index is 0.0712. The molecule has 0 aliphatic carbocycles. The molecular formula is C26H29N3O3. The summed E-state index contributed by atoms with van der Waals surface area (Å²) in [6.45, 7) is 3.60. The van der Waals surface area contributed by atoms with E-state index < -0.39 is 0 Å². The van der Waals surface area contributed by atoms with Crippen molar-refractivity contribution in [2.45, 2.75) is 32.6 Å². The van der Waals surface area contributed by atoms with Crippen LogP contribution in [0.1, 0.15) is 31.2 Å². The number of amides is 2. The molecule has 1 aromatic heterocycles. The summed E-state index contributed by atoms with van der Waals surface area (Å²) in [6.07, 6.45) is 4.40. The summed E-state index contributed by atoms with van der Waals surface area (Å²) in [5, 5.41) is 5.09. The van der Waals surface area contributed by atoms with Crippen molar-refractivity contribution in [1.29, 1.82) is 0 Å². The second kappa shape index (κ2) is 10.3. The van der Waals surface area contributed by atoms with E-state index in [0.29, 0.717) is 38.4 Å². The average molecular weight is 432 g/mol. The maximum absolute atomic E-state index is 12.7. The van der Waals surface area contributed by atoms with Gasteiger partial charge in [0.25, 0.3) is 0 Å². The fourth-order valence-corrected chi connectivity index (χ4v) is 4.07. The van der Waals surface area contributed by atoms with Gasteiger partial charge < -0.3 is 15.0 Å². The van der Waals surface area contributed by atoms with Crippen molar-refractivity contribution in [3.05, 3.63) is 66.4 Å². The molecule has 2 aromatic carbocycles. The van der Waals surface area contributed by atoms with Crippen LogP contribution < -0.4 is 10.1 Å². The van der Waals surface area contributed by atoms with Crippen LogP contribution in [0.15, 0.2) is 60.8 Å². The van der Waals surface area contributed by atoms with E-state index in [4.69, 9.17) is 4.74 Å². The molecule has 0 bridgehead atoms. The van der Waals surface area contributed by atoms with Gasteiger partial charge in [-0.15, -0.1) is 0 Å². The number of fused-ring (bicyclic) bond motifs is 1. The van der Waals surface area contributed by atoms with Gasteiger partial charge in [0.15, 0.2) is 0 Å². The lowest BCUT2D eigenvalue weighted by atomic mass is 9.96. The first-order chi connectivity index (χ1) is 15.6. The number of piperidine rings is 1. The standard InChI is InChI=1S/C26H29N3O3/c1-19-13-14-24(27-17-19)28-26(31)21-9-5-15-29(18-21)25(30)12-6-16-32-23-11-4-8-20-7-2-3-10-22(20)23/h2-4,7-8,10-11,13-14,17,21H,5-6,9,12,15-16,18H2,1H3,(H,27,28,31). The van der Waals surface area contributed by atoms with Crippen LogP contribution in [0, 0.1) is 12.8 Å². The molecule has 6 nitrogen and oxygen atoms in total. The van der Waals surface area contributed by atoms with Crippen LogP contribution in [0.25, 0.3) is 10.8 Å². The molecule has 1 atom stereocenters. The smallest absolute Gasteiger partial charge is 0.230 e. The number of carbonyl (C=O) groups is 2. The van der Waals surface area contributed by atoms with Gasteiger partial charge in [0, 0.05) is 31.1 Å². The topological polar surface area (TPSA) is 71.5 Å². The number of rotatable bonds is 7. The molecule has 166 valence electrons.